The van der Waals surface area contributed by atoms with Crippen LogP contribution in [0.1, 0.15) is 35.2 Å². The lowest BCUT2D eigenvalue weighted by atomic mass is 10.0. The fourth-order valence-electron chi connectivity index (χ4n) is 3.94. The Hall–Kier alpha value is -3.52. The summed E-state index contributed by atoms with van der Waals surface area (Å²) in [4.78, 5) is 13.2. The van der Waals surface area contributed by atoms with Gasteiger partial charge in [0.25, 0.3) is 10.0 Å². The Morgan fingerprint density at radius 2 is 1.51 bits per heavy atom. The summed E-state index contributed by atoms with van der Waals surface area (Å²) in [7, 11) is -1.08. The van der Waals surface area contributed by atoms with Gasteiger partial charge in [0, 0.05) is 6.07 Å². The van der Waals surface area contributed by atoms with E-state index in [1.807, 2.05) is 39.8 Å². The maximum absolute atomic E-state index is 13.7. The number of carbonyl (C=O) groups excluding carboxylic acids is 1. The zero-order valence-corrected chi connectivity index (χ0v) is 21.8. The summed E-state index contributed by atoms with van der Waals surface area (Å²) in [6, 6.07) is 17.0. The molecule has 0 aliphatic carbocycles. The van der Waals surface area contributed by atoms with Gasteiger partial charge < -0.3 is 14.8 Å². The first-order valence-corrected chi connectivity index (χ1v) is 12.7. The molecule has 0 saturated heterocycles. The topological polar surface area (TPSA) is 84.9 Å². The quantitative estimate of drug-likeness (QED) is 0.464. The largest absolute Gasteiger partial charge is 0.493 e. The number of benzene rings is 3. The highest BCUT2D eigenvalue weighted by molar-refractivity contribution is 7.92. The number of nitrogens with one attached hydrogen (secondary N) is 1. The summed E-state index contributed by atoms with van der Waals surface area (Å²) in [6.45, 7) is 7.36. The second-order valence-electron chi connectivity index (χ2n) is 8.51. The van der Waals surface area contributed by atoms with Gasteiger partial charge in [-0.25, -0.2) is 8.42 Å². The molecule has 0 aliphatic heterocycles. The van der Waals surface area contributed by atoms with Crippen molar-refractivity contribution in [3.05, 3.63) is 82.9 Å². The zero-order valence-electron chi connectivity index (χ0n) is 21.0. The van der Waals surface area contributed by atoms with E-state index < -0.39 is 22.5 Å². The predicted octanol–water partition coefficient (Wildman–Crippen LogP) is 4.70. The Morgan fingerprint density at radius 3 is 2.11 bits per heavy atom. The van der Waals surface area contributed by atoms with E-state index in [0.717, 1.165) is 26.6 Å². The number of carbonyl (C=O) groups is 1. The summed E-state index contributed by atoms with van der Waals surface area (Å²) < 4.78 is 39.0. The number of hydrogen-bond acceptors (Lipinski definition) is 5. The molecular formula is C27H32N2O5S. The molecule has 0 fully saturated rings. The molecule has 8 heteroatoms. The van der Waals surface area contributed by atoms with Gasteiger partial charge in [0.2, 0.25) is 5.91 Å². The summed E-state index contributed by atoms with van der Waals surface area (Å²) in [5.41, 5.74) is 4.39. The first-order chi connectivity index (χ1) is 16.6. The number of nitrogens with zero attached hydrogens (tertiary/aromatic N) is 1. The molecule has 0 unspecified atom stereocenters. The molecule has 3 aromatic rings. The number of amides is 1. The SMILES string of the molecule is COc1ccc(N(CC(=O)N[C@@H](C)c2ccc(C)cc2C)S(=O)(=O)c2ccc(C)cc2)cc1OC. The Labute approximate surface area is 207 Å². The van der Waals surface area contributed by atoms with Crippen LogP contribution in [0.15, 0.2) is 65.6 Å². The second kappa shape index (κ2) is 10.8. The van der Waals surface area contributed by atoms with E-state index in [9.17, 15) is 13.2 Å². The van der Waals surface area contributed by atoms with Crippen molar-refractivity contribution in [3.63, 3.8) is 0 Å². The average Bonchev–Trinajstić information content (AvgIpc) is 2.82. The number of anilines is 1. The van der Waals surface area contributed by atoms with E-state index in [2.05, 4.69) is 11.4 Å². The summed E-state index contributed by atoms with van der Waals surface area (Å²) >= 11 is 0. The van der Waals surface area contributed by atoms with Crippen molar-refractivity contribution in [2.75, 3.05) is 25.1 Å². The number of sulfonamides is 1. The van der Waals surface area contributed by atoms with E-state index in [-0.39, 0.29) is 16.6 Å². The first-order valence-electron chi connectivity index (χ1n) is 11.2. The molecule has 1 amide bonds. The lowest BCUT2D eigenvalue weighted by Gasteiger charge is -2.26. The van der Waals surface area contributed by atoms with Crippen LogP contribution in [0.25, 0.3) is 0 Å². The van der Waals surface area contributed by atoms with Crippen molar-refractivity contribution in [2.45, 2.75) is 38.6 Å². The molecule has 3 rings (SSSR count). The van der Waals surface area contributed by atoms with Crippen LogP contribution in [-0.4, -0.2) is 35.1 Å². The molecule has 0 spiro atoms. The lowest BCUT2D eigenvalue weighted by molar-refractivity contribution is -0.120. The van der Waals surface area contributed by atoms with Gasteiger partial charge in [-0.1, -0.05) is 41.5 Å². The zero-order chi connectivity index (χ0) is 25.8. The van der Waals surface area contributed by atoms with E-state index in [4.69, 9.17) is 9.47 Å². The molecule has 7 nitrogen and oxygen atoms in total. The van der Waals surface area contributed by atoms with Crippen LogP contribution in [0.4, 0.5) is 5.69 Å². The van der Waals surface area contributed by atoms with Crippen LogP contribution in [0, 0.1) is 20.8 Å². The fourth-order valence-corrected chi connectivity index (χ4v) is 5.35. The number of ether oxygens (including phenoxy) is 2. The molecule has 0 heterocycles. The highest BCUT2D eigenvalue weighted by Crippen LogP contribution is 2.34. The molecule has 0 aromatic heterocycles. The molecule has 0 bridgehead atoms. The van der Waals surface area contributed by atoms with Gasteiger partial charge in [0.05, 0.1) is 30.8 Å². The van der Waals surface area contributed by atoms with Gasteiger partial charge in [0.1, 0.15) is 6.54 Å². The standard InChI is InChI=1S/C27H32N2O5S/c1-18-7-11-23(12-8-18)35(31,32)29(22-10-14-25(33-5)26(16-22)34-6)17-27(30)28-21(4)24-13-9-19(2)15-20(24)3/h7-16,21H,17H2,1-6H3,(H,28,30)/t21-/m0/s1. The van der Waals surface area contributed by atoms with Crippen LogP contribution in [0.5, 0.6) is 11.5 Å². The van der Waals surface area contributed by atoms with Gasteiger partial charge in [-0.15, -0.1) is 0 Å². The van der Waals surface area contributed by atoms with Crippen LogP contribution < -0.4 is 19.1 Å². The van der Waals surface area contributed by atoms with Crippen molar-refractivity contribution in [3.8, 4) is 11.5 Å². The van der Waals surface area contributed by atoms with Crippen LogP contribution in [0.3, 0.4) is 0 Å². The van der Waals surface area contributed by atoms with Crippen LogP contribution in [0.2, 0.25) is 0 Å². The average molecular weight is 497 g/mol. The van der Waals surface area contributed by atoms with Gasteiger partial charge in [0.15, 0.2) is 11.5 Å². The van der Waals surface area contributed by atoms with Crippen molar-refractivity contribution in [1.29, 1.82) is 0 Å². The van der Waals surface area contributed by atoms with Crippen molar-refractivity contribution in [1.82, 2.24) is 5.32 Å². The number of aryl methyl sites for hydroxylation is 3. The third kappa shape index (κ3) is 5.95. The first kappa shape index (κ1) is 26.1. The third-order valence-electron chi connectivity index (χ3n) is 5.82. The summed E-state index contributed by atoms with van der Waals surface area (Å²) in [5, 5.41) is 2.94. The van der Waals surface area contributed by atoms with Gasteiger partial charge in [-0.3, -0.25) is 9.10 Å². The lowest BCUT2D eigenvalue weighted by Crippen LogP contribution is -2.41. The molecule has 1 N–H and O–H groups in total. The number of hydrogen-bond donors (Lipinski definition) is 1. The smallest absolute Gasteiger partial charge is 0.264 e. The van der Waals surface area contributed by atoms with E-state index in [0.29, 0.717) is 11.5 Å². The highest BCUT2D eigenvalue weighted by Gasteiger charge is 2.28. The van der Waals surface area contributed by atoms with Crippen molar-refractivity contribution in [2.24, 2.45) is 0 Å². The number of methoxy groups -OCH3 is 2. The summed E-state index contributed by atoms with van der Waals surface area (Å²) in [6.07, 6.45) is 0. The third-order valence-corrected chi connectivity index (χ3v) is 7.61. The Morgan fingerprint density at radius 1 is 0.886 bits per heavy atom. The van der Waals surface area contributed by atoms with Gasteiger partial charge >= 0.3 is 0 Å². The maximum Gasteiger partial charge on any atom is 0.264 e. The van der Waals surface area contributed by atoms with E-state index >= 15 is 0 Å². The molecule has 1 atom stereocenters. The monoisotopic (exact) mass is 496 g/mol. The van der Waals surface area contributed by atoms with E-state index in [1.54, 1.807) is 30.3 Å². The fraction of sp³-hybridized carbons (Fsp3) is 0.296. The normalized spacial score (nSPS) is 12.1. The van der Waals surface area contributed by atoms with Crippen molar-refractivity contribution >= 4 is 21.6 Å². The molecule has 0 aliphatic rings. The minimum Gasteiger partial charge on any atom is -0.493 e. The van der Waals surface area contributed by atoms with Crippen LogP contribution >= 0.6 is 0 Å². The second-order valence-corrected chi connectivity index (χ2v) is 10.4. The Kier molecular flexibility index (Phi) is 8.07. The molecular weight excluding hydrogens is 464 g/mol. The van der Waals surface area contributed by atoms with E-state index in [1.165, 1.54) is 26.4 Å². The maximum atomic E-state index is 13.7. The van der Waals surface area contributed by atoms with Crippen LogP contribution in [-0.2, 0) is 14.8 Å². The molecule has 35 heavy (non-hydrogen) atoms. The minimum absolute atomic E-state index is 0.0908. The predicted molar refractivity (Wildman–Crippen MR) is 138 cm³/mol. The molecule has 0 saturated carbocycles. The van der Waals surface area contributed by atoms with Gasteiger partial charge in [-0.2, -0.15) is 0 Å². The Balaban J connectivity index is 1.96. The van der Waals surface area contributed by atoms with Gasteiger partial charge in [-0.05, 0) is 63.1 Å². The minimum atomic E-state index is -4.05. The number of rotatable bonds is 9. The van der Waals surface area contributed by atoms with Crippen molar-refractivity contribution < 1.29 is 22.7 Å². The molecule has 186 valence electrons. The molecule has 3 aromatic carbocycles. The Bertz CT molecular complexity index is 1300. The highest BCUT2D eigenvalue weighted by atomic mass is 32.2. The summed E-state index contributed by atoms with van der Waals surface area (Å²) in [5.74, 6) is 0.387. The molecule has 0 radical (unpaired) electrons.